The molecule has 0 fully saturated rings. The maximum Gasteiger partial charge on any atom is 0.130 e. The van der Waals surface area contributed by atoms with Crippen molar-refractivity contribution < 1.29 is 9.50 Å². The monoisotopic (exact) mass is 216 g/mol. The van der Waals surface area contributed by atoms with E-state index >= 15 is 0 Å². The van der Waals surface area contributed by atoms with Gasteiger partial charge < -0.3 is 5.11 Å². The molecule has 0 aliphatic rings. The van der Waals surface area contributed by atoms with E-state index in [0.717, 1.165) is 10.1 Å². The number of aliphatic hydroxyl groups excluding tert-OH is 1. The molecule has 0 amide bonds. The van der Waals surface area contributed by atoms with Crippen LogP contribution in [0.15, 0.2) is 18.2 Å². The van der Waals surface area contributed by atoms with Crippen molar-refractivity contribution in [2.75, 3.05) is 0 Å². The van der Waals surface area contributed by atoms with Crippen LogP contribution < -0.4 is 0 Å². The van der Waals surface area contributed by atoms with Crippen LogP contribution in [-0.4, -0.2) is 5.11 Å². The molecule has 0 unspecified atom stereocenters. The molecule has 0 saturated heterocycles. The van der Waals surface area contributed by atoms with Crippen LogP contribution >= 0.6 is 22.9 Å². The van der Waals surface area contributed by atoms with Gasteiger partial charge in [0.2, 0.25) is 0 Å². The minimum atomic E-state index is -0.381. The normalized spacial score (nSPS) is 11.0. The Hall–Kier alpha value is -0.640. The van der Waals surface area contributed by atoms with Crippen LogP contribution in [0.3, 0.4) is 0 Å². The Bertz CT molecular complexity index is 452. The lowest BCUT2D eigenvalue weighted by molar-refractivity contribution is 0.276. The molecular weight excluding hydrogens is 211 g/mol. The van der Waals surface area contributed by atoms with Gasteiger partial charge in [-0.1, -0.05) is 11.6 Å². The number of hydrogen-bond donors (Lipinski definition) is 1. The molecular formula is C9H6ClFOS. The van der Waals surface area contributed by atoms with Crippen molar-refractivity contribution in [1.29, 1.82) is 0 Å². The Morgan fingerprint density at radius 3 is 2.85 bits per heavy atom. The number of rotatable bonds is 1. The summed E-state index contributed by atoms with van der Waals surface area (Å²) in [5, 5.41) is 9.69. The van der Waals surface area contributed by atoms with Crippen molar-refractivity contribution in [2.24, 2.45) is 0 Å². The van der Waals surface area contributed by atoms with Gasteiger partial charge >= 0.3 is 0 Å². The van der Waals surface area contributed by atoms with Crippen molar-refractivity contribution in [3.8, 4) is 0 Å². The highest BCUT2D eigenvalue weighted by Gasteiger charge is 2.06. The second-order valence-corrected chi connectivity index (χ2v) is 4.41. The molecule has 0 atom stereocenters. The summed E-state index contributed by atoms with van der Waals surface area (Å²) in [5.74, 6) is -0.381. The first-order valence-electron chi connectivity index (χ1n) is 3.69. The summed E-state index contributed by atoms with van der Waals surface area (Å²) in [6.45, 7) is -0.283. The third kappa shape index (κ3) is 1.55. The van der Waals surface area contributed by atoms with Crippen LogP contribution in [-0.2, 0) is 6.61 Å². The highest BCUT2D eigenvalue weighted by Crippen LogP contribution is 2.31. The van der Waals surface area contributed by atoms with Gasteiger partial charge in [0.25, 0.3) is 0 Å². The third-order valence-electron chi connectivity index (χ3n) is 1.83. The standard InChI is InChI=1S/C9H6ClFOS/c10-9-2-5-1-6(4-12)7(11)3-8(5)13-9/h1-3,12H,4H2. The zero-order valence-corrected chi connectivity index (χ0v) is 8.12. The van der Waals surface area contributed by atoms with E-state index in [9.17, 15) is 4.39 Å². The molecule has 2 aromatic rings. The predicted octanol–water partition coefficient (Wildman–Crippen LogP) is 3.19. The molecule has 1 N–H and O–H groups in total. The second-order valence-electron chi connectivity index (χ2n) is 2.69. The first kappa shape index (κ1) is 8.94. The molecule has 68 valence electrons. The lowest BCUT2D eigenvalue weighted by Crippen LogP contribution is -1.87. The minimum absolute atomic E-state index is 0.283. The van der Waals surface area contributed by atoms with E-state index in [-0.39, 0.29) is 12.4 Å². The predicted molar refractivity (Wildman–Crippen MR) is 52.7 cm³/mol. The Balaban J connectivity index is 2.72. The molecule has 0 radical (unpaired) electrons. The lowest BCUT2D eigenvalue weighted by Gasteiger charge is -1.97. The molecule has 0 aliphatic heterocycles. The Morgan fingerprint density at radius 2 is 2.15 bits per heavy atom. The molecule has 1 aromatic carbocycles. The van der Waals surface area contributed by atoms with Gasteiger partial charge in [0.15, 0.2) is 0 Å². The Kier molecular flexibility index (Phi) is 2.24. The lowest BCUT2D eigenvalue weighted by atomic mass is 10.2. The molecule has 1 nitrogen and oxygen atoms in total. The van der Waals surface area contributed by atoms with E-state index in [1.807, 2.05) is 0 Å². The minimum Gasteiger partial charge on any atom is -0.392 e. The van der Waals surface area contributed by atoms with E-state index in [1.165, 1.54) is 17.4 Å². The number of hydrogen-bond acceptors (Lipinski definition) is 2. The van der Waals surface area contributed by atoms with Crippen molar-refractivity contribution in [2.45, 2.75) is 6.61 Å². The average Bonchev–Trinajstić information content (AvgIpc) is 2.42. The molecule has 1 aromatic heterocycles. The van der Waals surface area contributed by atoms with Crippen molar-refractivity contribution in [3.05, 3.63) is 33.9 Å². The highest BCUT2D eigenvalue weighted by atomic mass is 35.5. The number of thiophene rings is 1. The SMILES string of the molecule is OCc1cc2cc(Cl)sc2cc1F. The van der Waals surface area contributed by atoms with E-state index in [2.05, 4.69) is 0 Å². The maximum atomic E-state index is 13.1. The van der Waals surface area contributed by atoms with Crippen LogP contribution in [0.4, 0.5) is 4.39 Å². The van der Waals surface area contributed by atoms with Gasteiger partial charge in [0.1, 0.15) is 5.82 Å². The molecule has 2 rings (SSSR count). The fraction of sp³-hybridized carbons (Fsp3) is 0.111. The second kappa shape index (κ2) is 3.25. The van der Waals surface area contributed by atoms with Gasteiger partial charge in [0.05, 0.1) is 10.9 Å². The Morgan fingerprint density at radius 1 is 1.38 bits per heavy atom. The number of halogens is 2. The van der Waals surface area contributed by atoms with Gasteiger partial charge in [-0.2, -0.15) is 0 Å². The molecule has 0 saturated carbocycles. The first-order valence-corrected chi connectivity index (χ1v) is 4.88. The summed E-state index contributed by atoms with van der Waals surface area (Å²) in [4.78, 5) is 0. The van der Waals surface area contributed by atoms with Crippen LogP contribution in [0.5, 0.6) is 0 Å². The number of fused-ring (bicyclic) bond motifs is 1. The van der Waals surface area contributed by atoms with E-state index in [0.29, 0.717) is 9.90 Å². The molecule has 0 bridgehead atoms. The molecule has 13 heavy (non-hydrogen) atoms. The quantitative estimate of drug-likeness (QED) is 0.776. The largest absolute Gasteiger partial charge is 0.392 e. The average molecular weight is 217 g/mol. The summed E-state index contributed by atoms with van der Waals surface area (Å²) in [7, 11) is 0. The van der Waals surface area contributed by atoms with Crippen molar-refractivity contribution in [3.63, 3.8) is 0 Å². The fourth-order valence-electron chi connectivity index (χ4n) is 1.20. The van der Waals surface area contributed by atoms with E-state index in [4.69, 9.17) is 16.7 Å². The van der Waals surface area contributed by atoms with Gasteiger partial charge in [-0.05, 0) is 23.6 Å². The van der Waals surface area contributed by atoms with E-state index in [1.54, 1.807) is 12.1 Å². The van der Waals surface area contributed by atoms with Crippen molar-refractivity contribution in [1.82, 2.24) is 0 Å². The van der Waals surface area contributed by atoms with Crippen LogP contribution in [0.1, 0.15) is 5.56 Å². The number of aliphatic hydroxyl groups is 1. The highest BCUT2D eigenvalue weighted by molar-refractivity contribution is 7.22. The van der Waals surface area contributed by atoms with Crippen LogP contribution in [0.25, 0.3) is 10.1 Å². The summed E-state index contributed by atoms with van der Waals surface area (Å²) in [5.41, 5.74) is 0.307. The van der Waals surface area contributed by atoms with Gasteiger partial charge in [-0.15, -0.1) is 11.3 Å². The van der Waals surface area contributed by atoms with Crippen molar-refractivity contribution >= 4 is 33.0 Å². The molecule has 1 heterocycles. The topological polar surface area (TPSA) is 20.2 Å². The van der Waals surface area contributed by atoms with Crippen LogP contribution in [0.2, 0.25) is 4.34 Å². The summed E-state index contributed by atoms with van der Waals surface area (Å²) in [6, 6.07) is 4.78. The van der Waals surface area contributed by atoms with Gasteiger partial charge in [-0.3, -0.25) is 0 Å². The Labute approximate surface area is 83.4 Å². The first-order chi connectivity index (χ1) is 6.20. The fourth-order valence-corrected chi connectivity index (χ4v) is 2.36. The van der Waals surface area contributed by atoms with Crippen LogP contribution in [0, 0.1) is 5.82 Å². The smallest absolute Gasteiger partial charge is 0.130 e. The third-order valence-corrected chi connectivity index (χ3v) is 3.05. The molecule has 0 spiro atoms. The summed E-state index contributed by atoms with van der Waals surface area (Å²) >= 11 is 7.09. The van der Waals surface area contributed by atoms with Gasteiger partial charge in [0, 0.05) is 10.3 Å². The maximum absolute atomic E-state index is 13.1. The summed E-state index contributed by atoms with van der Waals surface area (Å²) in [6.07, 6.45) is 0. The van der Waals surface area contributed by atoms with Gasteiger partial charge in [-0.25, -0.2) is 4.39 Å². The molecule has 4 heteroatoms. The zero-order valence-electron chi connectivity index (χ0n) is 6.55. The zero-order chi connectivity index (χ0) is 9.42. The summed E-state index contributed by atoms with van der Waals surface area (Å²) < 4.78 is 14.6. The van der Waals surface area contributed by atoms with E-state index < -0.39 is 0 Å². The molecule has 0 aliphatic carbocycles. The number of benzene rings is 1.